The van der Waals surface area contributed by atoms with E-state index >= 15 is 0 Å². The van der Waals surface area contributed by atoms with E-state index in [1.54, 1.807) is 62.3 Å². The van der Waals surface area contributed by atoms with Crippen LogP contribution in [0.5, 0.6) is 0 Å². The zero-order valence-electron chi connectivity index (χ0n) is 65.8. The third kappa shape index (κ3) is 29.2. The van der Waals surface area contributed by atoms with E-state index in [1.165, 1.54) is 55.4 Å². The normalized spacial score (nSPS) is 40.8. The summed E-state index contributed by atoms with van der Waals surface area (Å²) in [6, 6.07) is 0. The molecule has 105 heavy (non-hydrogen) atoms. The van der Waals surface area contributed by atoms with Gasteiger partial charge in [0.05, 0.1) is 66.2 Å². The maximum Gasteiger partial charge on any atom is 0.309 e. The molecular formula is C72H118ClF9O23. The molecule has 0 saturated carbocycles. The summed E-state index contributed by atoms with van der Waals surface area (Å²) in [5.41, 5.74) is 0. The van der Waals surface area contributed by atoms with Crippen LogP contribution >= 0.6 is 11.6 Å². The van der Waals surface area contributed by atoms with Crippen LogP contribution in [0, 0.1) is 53.3 Å². The summed E-state index contributed by atoms with van der Waals surface area (Å²) in [6.45, 7) is 44.2. The molecule has 7 saturated heterocycles. The molecule has 7 rings (SSSR count). The second-order valence-corrected chi connectivity index (χ2v) is 29.1. The van der Waals surface area contributed by atoms with Gasteiger partial charge in [0, 0.05) is 103 Å². The molecule has 33 heteroatoms. The lowest BCUT2D eigenvalue weighted by atomic mass is 9.85. The van der Waals surface area contributed by atoms with Gasteiger partial charge in [0.25, 0.3) is 6.43 Å². The summed E-state index contributed by atoms with van der Waals surface area (Å²) < 4.78 is 197. The highest BCUT2D eigenvalue weighted by atomic mass is 35.5. The molecule has 614 valence electrons. The highest BCUT2D eigenvalue weighted by molar-refractivity contribution is 6.21. The van der Waals surface area contributed by atoms with Crippen molar-refractivity contribution in [3.05, 3.63) is 0 Å². The van der Waals surface area contributed by atoms with Crippen molar-refractivity contribution in [2.75, 3.05) is 0 Å². The van der Waals surface area contributed by atoms with E-state index < -0.39 is 170 Å². The van der Waals surface area contributed by atoms with Crippen LogP contribution in [0.4, 0.5) is 39.5 Å². The Bertz CT molecular complexity index is 2440. The van der Waals surface area contributed by atoms with E-state index in [4.69, 9.17) is 82.7 Å². The predicted molar refractivity (Wildman–Crippen MR) is 363 cm³/mol. The Kier molecular flexibility index (Phi) is 40.7. The Morgan fingerprint density at radius 2 is 0.571 bits per heavy atom. The molecule has 4 unspecified atom stereocenters. The summed E-state index contributed by atoms with van der Waals surface area (Å²) in [7, 11) is 0. The van der Waals surface area contributed by atoms with Gasteiger partial charge in [-0.1, -0.05) is 62.3 Å². The number of hydrogen-bond donors (Lipinski definition) is 0. The fraction of sp³-hybridized carbons (Fsp3) is 0.889. The van der Waals surface area contributed by atoms with Crippen LogP contribution in [-0.4, -0.2) is 212 Å². The second kappa shape index (κ2) is 43.5. The van der Waals surface area contributed by atoms with Gasteiger partial charge in [-0.25, -0.2) is 22.0 Å². The molecule has 0 N–H and O–H groups in total. The van der Waals surface area contributed by atoms with Crippen LogP contribution < -0.4 is 0 Å². The Balaban J connectivity index is 0.000000614. The van der Waals surface area contributed by atoms with E-state index in [1.807, 2.05) is 55.4 Å². The van der Waals surface area contributed by atoms with E-state index in [-0.39, 0.29) is 95.9 Å². The highest BCUT2D eigenvalue weighted by Crippen LogP contribution is 2.42. The van der Waals surface area contributed by atoms with Crippen LogP contribution in [0.25, 0.3) is 0 Å². The number of carbonyl (C=O) groups is 8. The minimum atomic E-state index is -3.13. The fourth-order valence-corrected chi connectivity index (χ4v) is 12.9. The lowest BCUT2D eigenvalue weighted by molar-refractivity contribution is -0.276. The van der Waals surface area contributed by atoms with Gasteiger partial charge in [0.15, 0.2) is 24.6 Å². The lowest BCUT2D eigenvalue weighted by Crippen LogP contribution is -2.57. The summed E-state index contributed by atoms with van der Waals surface area (Å²) in [6.07, 6.45) is -19.2. The number of ether oxygens (including phenoxy) is 15. The molecule has 7 aliphatic rings. The largest absolute Gasteiger partial charge is 0.462 e. The molecule has 7 heterocycles. The Morgan fingerprint density at radius 3 is 0.895 bits per heavy atom. The number of alkyl halides is 10. The van der Waals surface area contributed by atoms with Crippen molar-refractivity contribution in [2.24, 2.45) is 53.3 Å². The molecule has 23 nitrogen and oxygen atoms in total. The maximum atomic E-state index is 13.6. The van der Waals surface area contributed by atoms with Crippen molar-refractivity contribution >= 4 is 59.4 Å². The molecule has 0 aromatic rings. The fourth-order valence-electron chi connectivity index (χ4n) is 12.6. The number of rotatable bonds is 9. The van der Waals surface area contributed by atoms with Crippen LogP contribution in [0.3, 0.4) is 0 Å². The predicted octanol–water partition coefficient (Wildman–Crippen LogP) is 13.0. The molecule has 0 aromatic heterocycles. The van der Waals surface area contributed by atoms with Gasteiger partial charge in [0.1, 0.15) is 48.8 Å². The first kappa shape index (κ1) is 98.1. The minimum Gasteiger partial charge on any atom is -0.462 e. The van der Waals surface area contributed by atoms with Gasteiger partial charge in [0.2, 0.25) is 12.6 Å². The summed E-state index contributed by atoms with van der Waals surface area (Å²) in [5.74, 6) is -13.0. The zero-order valence-corrected chi connectivity index (χ0v) is 66.6. The molecule has 0 amide bonds. The first-order valence-corrected chi connectivity index (χ1v) is 36.0. The molecule has 0 bridgehead atoms. The monoisotopic (exact) mass is 1560 g/mol. The zero-order chi connectivity index (χ0) is 81.9. The third-order valence-electron chi connectivity index (χ3n) is 19.9. The van der Waals surface area contributed by atoms with E-state index in [0.717, 1.165) is 20.8 Å². The van der Waals surface area contributed by atoms with E-state index in [2.05, 4.69) is 0 Å². The van der Waals surface area contributed by atoms with Crippen molar-refractivity contribution in [3.63, 3.8) is 0 Å². The Morgan fingerprint density at radius 1 is 0.305 bits per heavy atom. The maximum absolute atomic E-state index is 13.6. The molecular weight excluding hydrogens is 1440 g/mol. The number of esters is 8. The average molecular weight is 1560 g/mol. The molecule has 0 spiro atoms. The van der Waals surface area contributed by atoms with Crippen molar-refractivity contribution in [1.29, 1.82) is 0 Å². The highest BCUT2D eigenvalue weighted by Gasteiger charge is 2.58. The lowest BCUT2D eigenvalue weighted by Gasteiger charge is -2.42. The van der Waals surface area contributed by atoms with Gasteiger partial charge in [-0.2, -0.15) is 17.6 Å². The van der Waals surface area contributed by atoms with Crippen LogP contribution in [0.1, 0.15) is 194 Å². The van der Waals surface area contributed by atoms with Crippen molar-refractivity contribution in [2.45, 2.75) is 358 Å². The first-order chi connectivity index (χ1) is 48.0. The topological polar surface area (TPSA) is 275 Å². The van der Waals surface area contributed by atoms with Gasteiger partial charge in [-0.05, 0) is 76.2 Å². The molecule has 7 fully saturated rings. The van der Waals surface area contributed by atoms with Crippen LogP contribution in [-0.2, 0) is 109 Å². The molecule has 0 radical (unpaired) electrons. The third-order valence-corrected chi connectivity index (χ3v) is 20.5. The molecule has 0 aliphatic carbocycles. The van der Waals surface area contributed by atoms with Crippen molar-refractivity contribution in [3.8, 4) is 0 Å². The Labute approximate surface area is 617 Å². The van der Waals surface area contributed by atoms with Gasteiger partial charge >= 0.3 is 59.6 Å². The number of halogens is 10. The van der Waals surface area contributed by atoms with Gasteiger partial charge in [-0.15, -0.1) is 11.6 Å². The second-order valence-electron chi connectivity index (χ2n) is 28.6. The van der Waals surface area contributed by atoms with Gasteiger partial charge < -0.3 is 71.1 Å². The number of hydrogen-bond acceptors (Lipinski definition) is 23. The first-order valence-electron chi connectivity index (χ1n) is 35.6. The van der Waals surface area contributed by atoms with Crippen molar-refractivity contribution in [1.82, 2.24) is 0 Å². The van der Waals surface area contributed by atoms with Crippen molar-refractivity contribution < 1.29 is 149 Å². The van der Waals surface area contributed by atoms with E-state index in [9.17, 15) is 77.9 Å². The molecule has 33 atom stereocenters. The quantitative estimate of drug-likeness (QED) is 0.0897. The average Bonchev–Trinajstić information content (AvgIpc) is 0.782. The minimum absolute atomic E-state index is 0.0286. The Hall–Kier alpha value is -4.86. The van der Waals surface area contributed by atoms with Crippen LogP contribution in [0.15, 0.2) is 0 Å². The SMILES string of the molecule is CC(=O)OC1O[C@@H](C(F)F)[C@@H](C)[C@@H](OC(C)=O)[C@@H]1C.CC(=O)O[C@@H]1[C@H](C)[C@H](C)OC(C)[C@H]1Cl.CC(=O)O[C@@H]1[C@H](C)[C@H](C)OC(C)[C@H]1F.CC(=O)O[C@@H]1[C@H](C)[C@H](C)OC(C)[C@H]1F.CC(=O)O[C@@H]1[C@H](C)[C@H](C)O[C@@H](C)C1(F)F.CC(=O)O[C@@H]1[C@H](C)[C@H](C)O[C@@H](F)[C@H]1C.CC(=O)O[C@@H]1[C@H](C)[C@H](C)O[C@H](C)C1(F)F. The van der Waals surface area contributed by atoms with Gasteiger partial charge in [-0.3, -0.25) is 38.4 Å². The summed E-state index contributed by atoms with van der Waals surface area (Å²) in [5, 5.41) is -0.259. The number of carbonyl (C=O) groups excluding carboxylic acids is 8. The standard InChI is InChI=1S/C12H18F2O5.C10H17ClO3.2C10H16F2O3.3C10H17FO3/c1-5-9(17-7(3)15)6(2)12(18-8(4)16)19-10(5)11(13)14;1-5-6(2)13-7(3)9(11)10(5)14-8(4)12;2*1-5-6(2)14-7(3)10(11,12)9(5)15-8(4)13;1-5-7(3)13-10(11)6(2)9(5)14-8(4)12;2*1-5-6(2)13-7(3)9(11)10(5)14-8(4)12/h5-6,9-12H,1-4H3;5-7,9-10H,1-4H3;2*5-7,9H,1-4H3;3*5-7,9-10H,1-4H3/t5-,6-,9+,10+,12?;5-,6+,7?,9-,10-;5-,6+,7+,9-;5-,6+,7-,9-;5-,6+,7+,9-,10-;2*5-,6+,7?,9-,10-/m0111111/s1. The summed E-state index contributed by atoms with van der Waals surface area (Å²) in [4.78, 5) is 86.8. The van der Waals surface area contributed by atoms with E-state index in [0.29, 0.717) is 0 Å². The smallest absolute Gasteiger partial charge is 0.309 e. The van der Waals surface area contributed by atoms with Crippen LogP contribution in [0.2, 0.25) is 0 Å². The molecule has 7 aliphatic heterocycles. The summed E-state index contributed by atoms with van der Waals surface area (Å²) >= 11 is 6.14. The molecule has 0 aromatic carbocycles.